The molecular weight excluding hydrogens is 1150 g/mol. The van der Waals surface area contributed by atoms with E-state index in [0.29, 0.717) is 44.2 Å². The highest BCUT2D eigenvalue weighted by Gasteiger charge is 2.81. The number of ether oxygens (including phenoxy) is 2. The number of oxazole rings is 1. The number of allylic oxidation sites excluding steroid dienone is 2. The molecule has 0 bridgehead atoms. The molecule has 0 saturated heterocycles. The van der Waals surface area contributed by atoms with Crippen molar-refractivity contribution in [3.8, 4) is 38.1 Å². The third kappa shape index (κ3) is 8.87. The Morgan fingerprint density at radius 3 is 1.55 bits per heavy atom. The summed E-state index contributed by atoms with van der Waals surface area (Å²) in [6.07, 6.45) is 9.72. The van der Waals surface area contributed by atoms with Crippen molar-refractivity contribution in [3.63, 3.8) is 0 Å². The van der Waals surface area contributed by atoms with Crippen LogP contribution in [0.4, 0.5) is 32.0 Å². The molecule has 448 valence electrons. The molecule has 0 saturated carbocycles. The minimum Gasteiger partial charge on any atom is -0.468 e. The van der Waals surface area contributed by atoms with Crippen molar-refractivity contribution in [2.75, 3.05) is 18.8 Å². The molecule has 8 aromatic carbocycles. The number of rotatable bonds is 20. The van der Waals surface area contributed by atoms with Gasteiger partial charge in [-0.15, -0.1) is 11.3 Å². The SMILES string of the molecule is CCCCCCC(CCCCCC)N1C(=O)c2ccc3c4ccc5c6c(ccc(c7ccc(c2c37)C1=O)c64)C(=O)N(c1ccc(-c2sc(-c3ccc(OCOC)cc3)c(C3=C(c4nc(-c6ccccc6)oc4C)C(F)(F)C(F)(F)C3(F)F)c2C)cc1)C5=O. The summed E-state index contributed by atoms with van der Waals surface area (Å²) in [5.41, 5.74) is -2.32. The smallest absolute Gasteiger partial charge is 0.380 e. The van der Waals surface area contributed by atoms with E-state index in [9.17, 15) is 19.2 Å². The number of thiophene rings is 1. The molecule has 1 aliphatic carbocycles. The summed E-state index contributed by atoms with van der Waals surface area (Å²) >= 11 is 0.906. The van der Waals surface area contributed by atoms with Gasteiger partial charge in [-0.2, -0.15) is 26.3 Å². The van der Waals surface area contributed by atoms with Crippen molar-refractivity contribution in [1.82, 2.24) is 9.88 Å². The molecule has 17 heteroatoms. The fourth-order valence-electron chi connectivity index (χ4n) is 13.5. The Balaban J connectivity index is 0.882. The Labute approximate surface area is 506 Å². The Bertz CT molecular complexity index is 4380. The molecule has 0 spiro atoms. The number of unbranched alkanes of at least 4 members (excludes halogenated alkanes) is 6. The van der Waals surface area contributed by atoms with Crippen LogP contribution in [0.15, 0.2) is 132 Å². The maximum absolute atomic E-state index is 16.9. The highest BCUT2D eigenvalue weighted by atomic mass is 32.1. The monoisotopic (exact) mass is 1210 g/mol. The van der Waals surface area contributed by atoms with E-state index < -0.39 is 52.0 Å². The number of hydrogen-bond donors (Lipinski definition) is 0. The number of carbonyl (C=O) groups is 4. The largest absolute Gasteiger partial charge is 0.468 e. The van der Waals surface area contributed by atoms with E-state index in [-0.39, 0.29) is 74.0 Å². The van der Waals surface area contributed by atoms with Gasteiger partial charge in [-0.3, -0.25) is 24.1 Å². The predicted octanol–water partition coefficient (Wildman–Crippen LogP) is 18.9. The maximum atomic E-state index is 16.9. The molecule has 10 aromatic rings. The molecule has 2 aliphatic heterocycles. The first-order valence-corrected chi connectivity index (χ1v) is 30.5. The molecule has 88 heavy (non-hydrogen) atoms. The number of imide groups is 2. The van der Waals surface area contributed by atoms with Gasteiger partial charge in [-0.1, -0.05) is 120 Å². The van der Waals surface area contributed by atoms with E-state index in [4.69, 9.17) is 13.9 Å². The number of alkyl halides is 6. The van der Waals surface area contributed by atoms with E-state index in [2.05, 4.69) is 18.8 Å². The van der Waals surface area contributed by atoms with Crippen molar-refractivity contribution >= 4 is 94.9 Å². The Morgan fingerprint density at radius 2 is 1.03 bits per heavy atom. The van der Waals surface area contributed by atoms with Gasteiger partial charge in [0.25, 0.3) is 23.6 Å². The number of amides is 4. The maximum Gasteiger partial charge on any atom is 0.380 e. The van der Waals surface area contributed by atoms with Gasteiger partial charge in [0, 0.05) is 72.6 Å². The fourth-order valence-corrected chi connectivity index (χ4v) is 14.8. The van der Waals surface area contributed by atoms with Crippen LogP contribution in [0.1, 0.15) is 142 Å². The average Bonchev–Trinajstić information content (AvgIpc) is 1.11. The van der Waals surface area contributed by atoms with Gasteiger partial charge in [0.1, 0.15) is 17.2 Å². The first kappa shape index (κ1) is 58.4. The summed E-state index contributed by atoms with van der Waals surface area (Å²) in [5.74, 6) is -19.0. The molecule has 3 aliphatic rings. The Hall–Kier alpha value is -8.67. The van der Waals surface area contributed by atoms with E-state index in [1.54, 1.807) is 66.7 Å². The molecule has 0 fully saturated rings. The second kappa shape index (κ2) is 22.2. The van der Waals surface area contributed by atoms with Crippen LogP contribution in [-0.2, 0) is 4.74 Å². The summed E-state index contributed by atoms with van der Waals surface area (Å²) in [4.78, 5) is 66.3. The fraction of sp³-hybridized carbons (Fsp3) is 0.282. The van der Waals surface area contributed by atoms with Gasteiger partial charge in [0.2, 0.25) is 5.89 Å². The third-order valence-corrected chi connectivity index (χ3v) is 19.2. The van der Waals surface area contributed by atoms with Crippen molar-refractivity contribution in [2.24, 2.45) is 0 Å². The zero-order valence-corrected chi connectivity index (χ0v) is 49.7. The van der Waals surface area contributed by atoms with Gasteiger partial charge in [0.05, 0.1) is 11.3 Å². The van der Waals surface area contributed by atoms with Crippen LogP contribution < -0.4 is 9.64 Å². The van der Waals surface area contributed by atoms with Crippen molar-refractivity contribution in [1.29, 1.82) is 0 Å². The average molecular weight is 1210 g/mol. The number of benzene rings is 8. The number of methoxy groups -OCH3 is 1. The van der Waals surface area contributed by atoms with Gasteiger partial charge in [-0.25, -0.2) is 9.88 Å². The van der Waals surface area contributed by atoms with Crippen LogP contribution in [0, 0.1) is 13.8 Å². The predicted molar refractivity (Wildman–Crippen MR) is 331 cm³/mol. The van der Waals surface area contributed by atoms with Crippen LogP contribution >= 0.6 is 11.3 Å². The first-order chi connectivity index (χ1) is 42.4. The number of aryl methyl sites for hydroxylation is 1. The summed E-state index contributed by atoms with van der Waals surface area (Å²) in [7, 11) is 1.42. The van der Waals surface area contributed by atoms with E-state index in [1.165, 1.54) is 62.3 Å². The number of anilines is 1. The van der Waals surface area contributed by atoms with Crippen LogP contribution in [0.2, 0.25) is 0 Å². The van der Waals surface area contributed by atoms with Gasteiger partial charge in [0.15, 0.2) is 6.79 Å². The topological polar surface area (TPSA) is 119 Å². The van der Waals surface area contributed by atoms with Crippen LogP contribution in [0.5, 0.6) is 5.75 Å². The second-order valence-electron chi connectivity index (χ2n) is 23.1. The van der Waals surface area contributed by atoms with Gasteiger partial charge >= 0.3 is 17.8 Å². The summed E-state index contributed by atoms with van der Waals surface area (Å²) in [6, 6.07) is 34.3. The minimum absolute atomic E-state index is 0.0339. The summed E-state index contributed by atoms with van der Waals surface area (Å²) in [5, 5.41) is 5.44. The van der Waals surface area contributed by atoms with Gasteiger partial charge in [-0.05, 0) is 148 Å². The lowest BCUT2D eigenvalue weighted by atomic mass is 9.82. The van der Waals surface area contributed by atoms with Crippen molar-refractivity contribution in [3.05, 3.63) is 172 Å². The molecule has 4 heterocycles. The molecule has 10 nitrogen and oxygen atoms in total. The lowest BCUT2D eigenvalue weighted by Gasteiger charge is -2.35. The van der Waals surface area contributed by atoms with Crippen LogP contribution in [0.25, 0.3) is 86.6 Å². The molecule has 2 aromatic heterocycles. The summed E-state index contributed by atoms with van der Waals surface area (Å²) in [6.45, 7) is 6.78. The Kier molecular flexibility index (Phi) is 14.7. The number of aromatic nitrogens is 1. The lowest BCUT2D eigenvalue weighted by Crippen LogP contribution is -2.49. The molecule has 0 N–H and O–H groups in total. The molecule has 0 atom stereocenters. The molecule has 0 radical (unpaired) electrons. The molecule has 13 rings (SSSR count). The highest BCUT2D eigenvalue weighted by molar-refractivity contribution is 7.19. The normalized spacial score (nSPS) is 16.1. The van der Waals surface area contributed by atoms with E-state index in [0.717, 1.165) is 107 Å². The molecule has 0 unspecified atom stereocenters. The van der Waals surface area contributed by atoms with Crippen LogP contribution in [0.3, 0.4) is 0 Å². The lowest BCUT2D eigenvalue weighted by molar-refractivity contribution is -0.254. The van der Waals surface area contributed by atoms with Crippen molar-refractivity contribution < 1.29 is 59.4 Å². The van der Waals surface area contributed by atoms with Crippen LogP contribution in [-0.4, -0.2) is 71.2 Å². The molecular formula is C71H59F6N3O7S. The highest BCUT2D eigenvalue weighted by Crippen LogP contribution is 2.67. The standard InChI is InChI=1S/C71H59F6N3O7S/c1-6-8-10-15-19-43(20-16-11-9-7-2)79-65(81)50-33-29-46-48-31-35-52-58-53(36-32-49(56(48)58)47-30-34-51(66(79)82)57(50)55(46)47)68(84)80(67(52)83)44-25-21-40(22-26-44)62-38(3)54(63(88-62)41-23-27-45(28-24-41)86-37-85-5)59-60(70(74,75)71(76,77)69(59,72)73)61-39(4)87-64(78-61)42-17-13-12-14-18-42/h12-14,17-18,21-36,43H,6-11,15-16,19-20,37H2,1-5H3. The zero-order chi connectivity index (χ0) is 61.7. The third-order valence-electron chi connectivity index (χ3n) is 17.8. The number of nitrogens with zero attached hydrogens (tertiary/aromatic N) is 3. The Morgan fingerprint density at radius 1 is 0.545 bits per heavy atom. The zero-order valence-electron chi connectivity index (χ0n) is 48.9. The molecule has 4 amide bonds. The second-order valence-corrected chi connectivity index (χ2v) is 24.1. The minimum atomic E-state index is -5.92. The van der Waals surface area contributed by atoms with Gasteiger partial charge < -0.3 is 13.9 Å². The van der Waals surface area contributed by atoms with Crippen molar-refractivity contribution in [2.45, 2.75) is 116 Å². The number of hydrogen-bond acceptors (Lipinski definition) is 9. The van der Waals surface area contributed by atoms with E-state index >= 15 is 26.3 Å². The number of fused-ring (bicyclic) bond motifs is 2. The number of carbonyl (C=O) groups excluding carboxylic acids is 4. The quantitative estimate of drug-likeness (QED) is 0.0185. The van der Waals surface area contributed by atoms with E-state index in [1.807, 2.05) is 24.3 Å². The first-order valence-electron chi connectivity index (χ1n) is 29.7. The summed E-state index contributed by atoms with van der Waals surface area (Å²) < 4.78 is 115. The number of halogens is 6.